The summed E-state index contributed by atoms with van der Waals surface area (Å²) in [6.07, 6.45) is 1.72. The summed E-state index contributed by atoms with van der Waals surface area (Å²) in [5.74, 6) is -1.08. The summed E-state index contributed by atoms with van der Waals surface area (Å²) < 4.78 is 0. The number of thioether (sulfide) groups is 1. The lowest BCUT2D eigenvalue weighted by Crippen LogP contribution is -2.14. The van der Waals surface area contributed by atoms with Crippen molar-refractivity contribution in [1.29, 1.82) is 0 Å². The Kier molecular flexibility index (Phi) is 6.02. The van der Waals surface area contributed by atoms with Crippen LogP contribution in [0.15, 0.2) is 58.9 Å². The van der Waals surface area contributed by atoms with Crippen LogP contribution >= 0.6 is 23.1 Å². The summed E-state index contributed by atoms with van der Waals surface area (Å²) in [5, 5.41) is 16.7. The summed E-state index contributed by atoms with van der Waals surface area (Å²) in [4.78, 5) is 38.4. The molecule has 142 valence electrons. The number of nitrogens with two attached hydrogens (primary N) is 1. The lowest BCUT2D eigenvalue weighted by atomic mass is 10.2. The van der Waals surface area contributed by atoms with E-state index in [9.17, 15) is 19.7 Å². The maximum absolute atomic E-state index is 12.2. The maximum atomic E-state index is 12.2. The largest absolute Gasteiger partial charge is 0.366 e. The quantitative estimate of drug-likeness (QED) is 0.346. The van der Waals surface area contributed by atoms with E-state index in [2.05, 4.69) is 10.3 Å². The Hall–Kier alpha value is -3.24. The molecule has 10 heteroatoms. The molecule has 0 aliphatic heterocycles. The average molecular weight is 414 g/mol. The molecule has 0 fully saturated rings. The van der Waals surface area contributed by atoms with Gasteiger partial charge in [0.05, 0.1) is 15.6 Å². The van der Waals surface area contributed by atoms with E-state index in [4.69, 9.17) is 5.73 Å². The Bertz CT molecular complexity index is 1020. The van der Waals surface area contributed by atoms with Gasteiger partial charge in [0.1, 0.15) is 5.01 Å². The average Bonchev–Trinajstić information content (AvgIpc) is 3.21. The number of carbonyl (C=O) groups is 2. The molecule has 2 aromatic carbocycles. The number of nitrogens with one attached hydrogen (secondary N) is 1. The number of nitrogens with zero attached hydrogens (tertiary/aromatic N) is 2. The normalized spacial score (nSPS) is 10.4. The number of nitro groups is 1. The Morgan fingerprint density at radius 1 is 1.21 bits per heavy atom. The molecule has 3 rings (SSSR count). The van der Waals surface area contributed by atoms with E-state index in [-0.39, 0.29) is 27.8 Å². The monoisotopic (exact) mass is 414 g/mol. The molecule has 1 aromatic heterocycles. The van der Waals surface area contributed by atoms with E-state index in [1.54, 1.807) is 18.3 Å². The van der Waals surface area contributed by atoms with Gasteiger partial charge < -0.3 is 11.1 Å². The number of aromatic nitrogens is 1. The number of rotatable bonds is 7. The number of hydrogen-bond acceptors (Lipinski definition) is 7. The first-order valence-corrected chi connectivity index (χ1v) is 9.81. The summed E-state index contributed by atoms with van der Waals surface area (Å²) >= 11 is 2.53. The number of thiazole rings is 1. The Morgan fingerprint density at radius 3 is 2.57 bits per heavy atom. The van der Waals surface area contributed by atoms with E-state index in [0.29, 0.717) is 5.69 Å². The summed E-state index contributed by atoms with van der Waals surface area (Å²) in [5.41, 5.74) is 6.49. The van der Waals surface area contributed by atoms with Crippen molar-refractivity contribution in [2.24, 2.45) is 5.73 Å². The standard InChI is InChI=1S/C18H14N4O4S2/c19-17(24)12-3-6-15(14(9-12)22(25)26)28-10-16(23)21-13-4-1-11(2-5-13)18-20-7-8-27-18/h1-9H,10H2,(H2,19,24)(H,21,23). The molecular weight excluding hydrogens is 400 g/mol. The van der Waals surface area contributed by atoms with Gasteiger partial charge in [-0.25, -0.2) is 4.98 Å². The molecule has 0 bridgehead atoms. The van der Waals surface area contributed by atoms with Crippen LogP contribution in [0, 0.1) is 10.1 Å². The van der Waals surface area contributed by atoms with Crippen LogP contribution < -0.4 is 11.1 Å². The number of hydrogen-bond donors (Lipinski definition) is 2. The van der Waals surface area contributed by atoms with Gasteiger partial charge in [0.25, 0.3) is 5.69 Å². The molecule has 0 aliphatic rings. The first-order chi connectivity index (χ1) is 13.4. The van der Waals surface area contributed by atoms with Crippen molar-refractivity contribution in [3.05, 3.63) is 69.7 Å². The smallest absolute Gasteiger partial charge is 0.283 e. The second-order valence-corrected chi connectivity index (χ2v) is 7.47. The van der Waals surface area contributed by atoms with Crippen LogP contribution in [0.2, 0.25) is 0 Å². The van der Waals surface area contributed by atoms with E-state index < -0.39 is 10.8 Å². The molecule has 0 aliphatic carbocycles. The number of nitro benzene ring substituents is 1. The summed E-state index contributed by atoms with van der Waals surface area (Å²) in [7, 11) is 0. The fourth-order valence-electron chi connectivity index (χ4n) is 2.34. The van der Waals surface area contributed by atoms with Gasteiger partial charge >= 0.3 is 0 Å². The number of primary amides is 1. The van der Waals surface area contributed by atoms with E-state index in [0.717, 1.165) is 28.4 Å². The van der Waals surface area contributed by atoms with Crippen LogP contribution in [0.4, 0.5) is 11.4 Å². The molecule has 1 heterocycles. The number of anilines is 1. The Morgan fingerprint density at radius 2 is 1.96 bits per heavy atom. The number of benzene rings is 2. The third kappa shape index (κ3) is 4.72. The molecule has 0 spiro atoms. The van der Waals surface area contributed by atoms with Crippen LogP contribution in [-0.2, 0) is 4.79 Å². The van der Waals surface area contributed by atoms with Crippen LogP contribution in [0.25, 0.3) is 10.6 Å². The minimum atomic E-state index is -0.751. The van der Waals surface area contributed by atoms with Gasteiger partial charge in [-0.1, -0.05) is 0 Å². The fraction of sp³-hybridized carbons (Fsp3) is 0.0556. The van der Waals surface area contributed by atoms with Crippen molar-refractivity contribution in [1.82, 2.24) is 4.98 Å². The van der Waals surface area contributed by atoms with Crippen LogP contribution in [0.1, 0.15) is 10.4 Å². The molecule has 0 atom stereocenters. The summed E-state index contributed by atoms with van der Waals surface area (Å²) in [6.45, 7) is 0. The van der Waals surface area contributed by atoms with Crippen LogP contribution in [0.3, 0.4) is 0 Å². The second kappa shape index (κ2) is 8.63. The van der Waals surface area contributed by atoms with Gasteiger partial charge in [0.15, 0.2) is 0 Å². The molecule has 2 amide bonds. The molecule has 0 unspecified atom stereocenters. The first kappa shape index (κ1) is 19.5. The lowest BCUT2D eigenvalue weighted by molar-refractivity contribution is -0.387. The van der Waals surface area contributed by atoms with Gasteiger partial charge in [-0.2, -0.15) is 0 Å². The highest BCUT2D eigenvalue weighted by Crippen LogP contribution is 2.30. The van der Waals surface area contributed by atoms with Gasteiger partial charge in [-0.3, -0.25) is 19.7 Å². The molecular formula is C18H14N4O4S2. The molecule has 8 nitrogen and oxygen atoms in total. The highest BCUT2D eigenvalue weighted by atomic mass is 32.2. The Labute approximate surface area is 167 Å². The minimum absolute atomic E-state index is 0.0228. The predicted molar refractivity (Wildman–Crippen MR) is 109 cm³/mol. The highest BCUT2D eigenvalue weighted by molar-refractivity contribution is 8.00. The molecule has 3 N–H and O–H groups in total. The minimum Gasteiger partial charge on any atom is -0.366 e. The molecule has 3 aromatic rings. The predicted octanol–water partition coefficient (Wildman–Crippen LogP) is 3.55. The summed E-state index contributed by atoms with van der Waals surface area (Å²) in [6, 6.07) is 11.2. The molecule has 0 saturated carbocycles. The van der Waals surface area contributed by atoms with E-state index in [1.165, 1.54) is 23.5 Å². The third-order valence-electron chi connectivity index (χ3n) is 3.65. The molecule has 0 radical (unpaired) electrons. The van der Waals surface area contributed by atoms with Crippen molar-refractivity contribution in [3.63, 3.8) is 0 Å². The maximum Gasteiger partial charge on any atom is 0.283 e. The van der Waals surface area contributed by atoms with E-state index >= 15 is 0 Å². The van der Waals surface area contributed by atoms with Crippen LogP contribution in [-0.4, -0.2) is 27.5 Å². The number of carbonyl (C=O) groups excluding carboxylic acids is 2. The topological polar surface area (TPSA) is 128 Å². The molecule has 28 heavy (non-hydrogen) atoms. The first-order valence-electron chi connectivity index (χ1n) is 7.95. The Balaban J connectivity index is 1.63. The number of amides is 2. The van der Waals surface area contributed by atoms with Gasteiger partial charge in [0.2, 0.25) is 11.8 Å². The SMILES string of the molecule is NC(=O)c1ccc(SCC(=O)Nc2ccc(-c3nccs3)cc2)c([N+](=O)[O-])c1. The second-order valence-electron chi connectivity index (χ2n) is 5.56. The van der Waals surface area contributed by atoms with Gasteiger partial charge in [-0.05, 0) is 36.4 Å². The zero-order valence-corrected chi connectivity index (χ0v) is 16.0. The van der Waals surface area contributed by atoms with Crippen molar-refractivity contribution < 1.29 is 14.5 Å². The zero-order valence-electron chi connectivity index (χ0n) is 14.3. The van der Waals surface area contributed by atoms with Gasteiger partial charge in [0, 0.05) is 34.5 Å². The van der Waals surface area contributed by atoms with E-state index in [1.807, 2.05) is 17.5 Å². The van der Waals surface area contributed by atoms with Gasteiger partial charge in [-0.15, -0.1) is 23.1 Å². The zero-order chi connectivity index (χ0) is 20.1. The van der Waals surface area contributed by atoms with Crippen molar-refractivity contribution in [3.8, 4) is 10.6 Å². The molecule has 0 saturated heterocycles. The van der Waals surface area contributed by atoms with Crippen molar-refractivity contribution in [2.75, 3.05) is 11.1 Å². The fourth-order valence-corrected chi connectivity index (χ4v) is 3.79. The van der Waals surface area contributed by atoms with Crippen molar-refractivity contribution in [2.45, 2.75) is 4.90 Å². The van der Waals surface area contributed by atoms with Crippen LogP contribution in [0.5, 0.6) is 0 Å². The highest BCUT2D eigenvalue weighted by Gasteiger charge is 2.18. The third-order valence-corrected chi connectivity index (χ3v) is 5.53. The van der Waals surface area contributed by atoms with Crippen molar-refractivity contribution >= 4 is 46.3 Å². The lowest BCUT2D eigenvalue weighted by Gasteiger charge is -2.07.